The van der Waals surface area contributed by atoms with Crippen LogP contribution in [-0.2, 0) is 17.6 Å². The summed E-state index contributed by atoms with van der Waals surface area (Å²) in [6.45, 7) is 5.10. The second kappa shape index (κ2) is 9.89. The van der Waals surface area contributed by atoms with E-state index in [1.54, 1.807) is 0 Å². The number of rotatable bonds is 9. The molecule has 0 aliphatic rings. The highest BCUT2D eigenvalue weighted by molar-refractivity contribution is 5.76. The fourth-order valence-electron chi connectivity index (χ4n) is 2.93. The van der Waals surface area contributed by atoms with Crippen LogP contribution in [0.2, 0.25) is 0 Å². The smallest absolute Gasteiger partial charge is 0.225 e. The molecule has 0 saturated heterocycles. The quantitative estimate of drug-likeness (QED) is 0.730. The van der Waals surface area contributed by atoms with Gasteiger partial charge in [-0.05, 0) is 31.4 Å². The lowest BCUT2D eigenvalue weighted by molar-refractivity contribution is -0.684. The molecule has 0 unspecified atom stereocenters. The van der Waals surface area contributed by atoms with Crippen molar-refractivity contribution in [3.8, 4) is 0 Å². The number of carbonyl (C=O) groups is 1. The van der Waals surface area contributed by atoms with Gasteiger partial charge in [-0.15, -0.1) is 0 Å². The maximum Gasteiger partial charge on any atom is 0.225 e. The van der Waals surface area contributed by atoms with Crippen LogP contribution in [0.1, 0.15) is 31.4 Å². The van der Waals surface area contributed by atoms with Gasteiger partial charge in [0.15, 0.2) is 0 Å². The zero-order valence-corrected chi connectivity index (χ0v) is 14.7. The molecular formula is C21H29N2O+. The van der Waals surface area contributed by atoms with Gasteiger partial charge in [0.1, 0.15) is 0 Å². The molecular weight excluding hydrogens is 296 g/mol. The van der Waals surface area contributed by atoms with Crippen LogP contribution in [0.4, 0.5) is 0 Å². The van der Waals surface area contributed by atoms with E-state index in [9.17, 15) is 4.79 Å². The summed E-state index contributed by atoms with van der Waals surface area (Å²) in [5, 5.41) is 5.35. The SMILES string of the molecule is C[C@H](Cc1ccccc1)NC(=O)CC[NH2+][C@H](C)Cc1ccccc1. The molecule has 0 bridgehead atoms. The molecule has 3 N–H and O–H groups in total. The first kappa shape index (κ1) is 18.2. The molecule has 2 atom stereocenters. The number of nitrogens with two attached hydrogens (primary N) is 1. The molecule has 3 heteroatoms. The van der Waals surface area contributed by atoms with Gasteiger partial charge in [0.2, 0.25) is 5.91 Å². The third kappa shape index (κ3) is 6.97. The fourth-order valence-corrected chi connectivity index (χ4v) is 2.93. The lowest BCUT2D eigenvalue weighted by atomic mass is 10.1. The van der Waals surface area contributed by atoms with E-state index in [2.05, 4.69) is 60.9 Å². The Kier molecular flexibility index (Phi) is 7.50. The van der Waals surface area contributed by atoms with E-state index < -0.39 is 0 Å². The molecule has 0 aromatic heterocycles. The largest absolute Gasteiger partial charge is 0.353 e. The van der Waals surface area contributed by atoms with Gasteiger partial charge in [0.05, 0.1) is 19.0 Å². The van der Waals surface area contributed by atoms with E-state index in [1.807, 2.05) is 24.3 Å². The lowest BCUT2D eigenvalue weighted by Crippen LogP contribution is -2.90. The maximum atomic E-state index is 12.1. The van der Waals surface area contributed by atoms with Crippen LogP contribution in [0.15, 0.2) is 60.7 Å². The standard InChI is InChI=1S/C21H28N2O/c1-17(15-19-9-5-3-6-10-19)22-14-13-21(24)23-18(2)16-20-11-7-4-8-12-20/h3-12,17-18,22H,13-16H2,1-2H3,(H,23,24)/p+1/t17-,18-/m1/s1. The Balaban J connectivity index is 1.62. The van der Waals surface area contributed by atoms with Crippen molar-refractivity contribution in [1.29, 1.82) is 0 Å². The zero-order chi connectivity index (χ0) is 17.2. The first-order valence-electron chi connectivity index (χ1n) is 8.84. The average Bonchev–Trinajstić information content (AvgIpc) is 2.56. The van der Waals surface area contributed by atoms with Crippen molar-refractivity contribution in [2.24, 2.45) is 0 Å². The van der Waals surface area contributed by atoms with Gasteiger partial charge in [0.25, 0.3) is 0 Å². The first-order chi connectivity index (χ1) is 11.6. The zero-order valence-electron chi connectivity index (χ0n) is 14.7. The molecule has 0 aliphatic heterocycles. The molecule has 128 valence electrons. The Morgan fingerprint density at radius 1 is 0.917 bits per heavy atom. The second-order valence-corrected chi connectivity index (χ2v) is 6.60. The highest BCUT2D eigenvalue weighted by Crippen LogP contribution is 2.03. The highest BCUT2D eigenvalue weighted by atomic mass is 16.1. The van der Waals surface area contributed by atoms with E-state index in [-0.39, 0.29) is 11.9 Å². The predicted molar refractivity (Wildman–Crippen MR) is 98.8 cm³/mol. The number of hydrogen-bond donors (Lipinski definition) is 2. The van der Waals surface area contributed by atoms with Crippen molar-refractivity contribution in [1.82, 2.24) is 5.32 Å². The Labute approximate surface area is 145 Å². The van der Waals surface area contributed by atoms with Crippen LogP contribution in [0.5, 0.6) is 0 Å². The molecule has 3 nitrogen and oxygen atoms in total. The Morgan fingerprint density at radius 3 is 2.04 bits per heavy atom. The minimum absolute atomic E-state index is 0.140. The van der Waals surface area contributed by atoms with Crippen molar-refractivity contribution in [3.05, 3.63) is 71.8 Å². The van der Waals surface area contributed by atoms with E-state index in [1.165, 1.54) is 11.1 Å². The molecule has 0 heterocycles. The Hall–Kier alpha value is -2.13. The molecule has 0 spiro atoms. The summed E-state index contributed by atoms with van der Waals surface area (Å²) < 4.78 is 0. The van der Waals surface area contributed by atoms with Crippen molar-refractivity contribution in [3.63, 3.8) is 0 Å². The lowest BCUT2D eigenvalue weighted by Gasteiger charge is -2.15. The van der Waals surface area contributed by atoms with Crippen molar-refractivity contribution in [2.75, 3.05) is 6.54 Å². The molecule has 2 rings (SSSR count). The minimum Gasteiger partial charge on any atom is -0.353 e. The van der Waals surface area contributed by atoms with Gasteiger partial charge in [0, 0.05) is 12.5 Å². The average molecular weight is 325 g/mol. The maximum absolute atomic E-state index is 12.1. The van der Waals surface area contributed by atoms with Crippen LogP contribution in [0.3, 0.4) is 0 Å². The molecule has 1 amide bonds. The van der Waals surface area contributed by atoms with Crippen LogP contribution < -0.4 is 10.6 Å². The van der Waals surface area contributed by atoms with Crippen LogP contribution in [-0.4, -0.2) is 24.5 Å². The third-order valence-electron chi connectivity index (χ3n) is 4.13. The summed E-state index contributed by atoms with van der Waals surface area (Å²) in [6, 6.07) is 21.4. The van der Waals surface area contributed by atoms with Gasteiger partial charge in [-0.25, -0.2) is 0 Å². The number of amides is 1. The molecule has 24 heavy (non-hydrogen) atoms. The van der Waals surface area contributed by atoms with Crippen LogP contribution >= 0.6 is 0 Å². The predicted octanol–water partition coefficient (Wildman–Crippen LogP) is 2.32. The number of quaternary nitrogens is 1. The molecule has 0 saturated carbocycles. The summed E-state index contributed by atoms with van der Waals surface area (Å²) in [4.78, 5) is 12.1. The fraction of sp³-hybridized carbons (Fsp3) is 0.381. The van der Waals surface area contributed by atoms with Gasteiger partial charge >= 0.3 is 0 Å². The Bertz CT molecular complexity index is 598. The van der Waals surface area contributed by atoms with Crippen molar-refractivity contribution in [2.45, 2.75) is 45.2 Å². The van der Waals surface area contributed by atoms with Crippen molar-refractivity contribution < 1.29 is 10.1 Å². The Morgan fingerprint density at radius 2 is 1.46 bits per heavy atom. The van der Waals surface area contributed by atoms with E-state index >= 15 is 0 Å². The molecule has 0 aliphatic carbocycles. The number of nitrogens with one attached hydrogen (secondary N) is 1. The summed E-state index contributed by atoms with van der Waals surface area (Å²) in [5.74, 6) is 0.140. The number of benzene rings is 2. The highest BCUT2D eigenvalue weighted by Gasteiger charge is 2.11. The van der Waals surface area contributed by atoms with Crippen LogP contribution in [0.25, 0.3) is 0 Å². The normalized spacial score (nSPS) is 13.2. The third-order valence-corrected chi connectivity index (χ3v) is 4.13. The van der Waals surface area contributed by atoms with Gasteiger partial charge in [-0.3, -0.25) is 4.79 Å². The van der Waals surface area contributed by atoms with Gasteiger partial charge < -0.3 is 10.6 Å². The number of hydrogen-bond acceptors (Lipinski definition) is 1. The topological polar surface area (TPSA) is 45.7 Å². The van der Waals surface area contributed by atoms with Crippen LogP contribution in [0, 0.1) is 0 Å². The molecule has 0 fully saturated rings. The van der Waals surface area contributed by atoms with Crippen molar-refractivity contribution >= 4 is 5.91 Å². The summed E-state index contributed by atoms with van der Waals surface area (Å²) >= 11 is 0. The van der Waals surface area contributed by atoms with E-state index in [0.29, 0.717) is 12.5 Å². The molecule has 2 aromatic rings. The molecule has 0 radical (unpaired) electrons. The summed E-state index contributed by atoms with van der Waals surface area (Å²) in [7, 11) is 0. The second-order valence-electron chi connectivity index (χ2n) is 6.60. The monoisotopic (exact) mass is 325 g/mol. The minimum atomic E-state index is 0.140. The van der Waals surface area contributed by atoms with E-state index in [4.69, 9.17) is 0 Å². The summed E-state index contributed by atoms with van der Waals surface area (Å²) in [6.07, 6.45) is 2.48. The number of carbonyl (C=O) groups excluding carboxylic acids is 1. The van der Waals surface area contributed by atoms with E-state index in [0.717, 1.165) is 19.4 Å². The van der Waals surface area contributed by atoms with Gasteiger partial charge in [-0.1, -0.05) is 60.7 Å². The van der Waals surface area contributed by atoms with Gasteiger partial charge in [-0.2, -0.15) is 0 Å². The first-order valence-corrected chi connectivity index (χ1v) is 8.84. The summed E-state index contributed by atoms with van der Waals surface area (Å²) in [5.41, 5.74) is 2.61. The molecule has 2 aromatic carbocycles.